The molecule has 0 saturated heterocycles. The molecule has 0 fully saturated rings. The van der Waals surface area contributed by atoms with E-state index in [2.05, 4.69) is 10.9 Å². The van der Waals surface area contributed by atoms with E-state index < -0.39 is 0 Å². The first-order valence-electron chi connectivity index (χ1n) is 3.36. The van der Waals surface area contributed by atoms with Gasteiger partial charge in [0.25, 0.3) is 0 Å². The van der Waals surface area contributed by atoms with Gasteiger partial charge in [0.2, 0.25) is 5.88 Å². The SMILES string of the molecule is C#Cc1cc(OC)ncc1OC. The molecule has 0 amide bonds. The van der Waals surface area contributed by atoms with Crippen LogP contribution >= 0.6 is 0 Å². The highest BCUT2D eigenvalue weighted by Gasteiger charge is 2.02. The highest BCUT2D eigenvalue weighted by molar-refractivity contribution is 5.45. The first kappa shape index (κ1) is 8.41. The summed E-state index contributed by atoms with van der Waals surface area (Å²) in [5.74, 6) is 3.55. The van der Waals surface area contributed by atoms with E-state index in [1.165, 1.54) is 13.3 Å². The average Bonchev–Trinajstić information content (AvgIpc) is 2.16. The molecular formula is C9H9NO2. The Bertz CT molecular complexity index is 315. The predicted molar refractivity (Wildman–Crippen MR) is 45.3 cm³/mol. The summed E-state index contributed by atoms with van der Waals surface area (Å²) in [5.41, 5.74) is 0.643. The lowest BCUT2D eigenvalue weighted by Gasteiger charge is -2.03. The molecule has 0 aliphatic rings. The van der Waals surface area contributed by atoms with Gasteiger partial charge in [-0.2, -0.15) is 0 Å². The van der Waals surface area contributed by atoms with E-state index in [0.29, 0.717) is 17.2 Å². The summed E-state index contributed by atoms with van der Waals surface area (Å²) in [6, 6.07) is 1.65. The van der Waals surface area contributed by atoms with Crippen molar-refractivity contribution in [2.45, 2.75) is 0 Å². The van der Waals surface area contributed by atoms with Crippen molar-refractivity contribution in [3.63, 3.8) is 0 Å². The Balaban J connectivity index is 3.13. The summed E-state index contributed by atoms with van der Waals surface area (Å²) < 4.78 is 9.87. The van der Waals surface area contributed by atoms with E-state index in [1.54, 1.807) is 13.2 Å². The van der Waals surface area contributed by atoms with Crippen molar-refractivity contribution < 1.29 is 9.47 Å². The van der Waals surface area contributed by atoms with E-state index in [1.807, 2.05) is 0 Å². The predicted octanol–water partition coefficient (Wildman–Crippen LogP) is 1.08. The Hall–Kier alpha value is -1.69. The summed E-state index contributed by atoms with van der Waals surface area (Å²) in [5, 5.41) is 0. The summed E-state index contributed by atoms with van der Waals surface area (Å²) in [7, 11) is 3.08. The van der Waals surface area contributed by atoms with Crippen LogP contribution in [0.5, 0.6) is 11.6 Å². The minimum atomic E-state index is 0.490. The number of aromatic nitrogens is 1. The molecule has 0 spiro atoms. The molecule has 0 aliphatic carbocycles. The Labute approximate surface area is 71.3 Å². The molecule has 12 heavy (non-hydrogen) atoms. The van der Waals surface area contributed by atoms with E-state index in [-0.39, 0.29) is 0 Å². The van der Waals surface area contributed by atoms with E-state index in [9.17, 15) is 0 Å². The molecule has 0 aliphatic heterocycles. The third kappa shape index (κ3) is 1.48. The lowest BCUT2D eigenvalue weighted by molar-refractivity contribution is 0.387. The van der Waals surface area contributed by atoms with Crippen molar-refractivity contribution in [2.24, 2.45) is 0 Å². The van der Waals surface area contributed by atoms with Crippen LogP contribution in [0.1, 0.15) is 5.56 Å². The van der Waals surface area contributed by atoms with Crippen LogP contribution in [0.15, 0.2) is 12.3 Å². The van der Waals surface area contributed by atoms with Gasteiger partial charge in [-0.05, 0) is 0 Å². The van der Waals surface area contributed by atoms with Crippen LogP contribution in [0.2, 0.25) is 0 Å². The quantitative estimate of drug-likeness (QED) is 0.611. The summed E-state index contributed by atoms with van der Waals surface area (Å²) in [6.07, 6.45) is 6.77. The zero-order valence-electron chi connectivity index (χ0n) is 7.00. The lowest BCUT2D eigenvalue weighted by Crippen LogP contribution is -1.92. The van der Waals surface area contributed by atoms with Crippen LogP contribution in [0.3, 0.4) is 0 Å². The lowest BCUT2D eigenvalue weighted by atomic mass is 10.2. The molecule has 0 N–H and O–H groups in total. The molecule has 0 atom stereocenters. The fraction of sp³-hybridized carbons (Fsp3) is 0.222. The molecule has 0 saturated carbocycles. The van der Waals surface area contributed by atoms with E-state index in [0.717, 1.165) is 0 Å². The molecule has 3 heteroatoms. The topological polar surface area (TPSA) is 31.4 Å². The van der Waals surface area contributed by atoms with Gasteiger partial charge in [-0.25, -0.2) is 4.98 Å². The van der Waals surface area contributed by atoms with Crippen LogP contribution in [0, 0.1) is 12.3 Å². The Morgan fingerprint density at radius 2 is 2.17 bits per heavy atom. The molecule has 1 aromatic heterocycles. The normalized spacial score (nSPS) is 8.75. The van der Waals surface area contributed by atoms with Crippen molar-refractivity contribution in [1.82, 2.24) is 4.98 Å². The minimum Gasteiger partial charge on any atom is -0.494 e. The number of methoxy groups -OCH3 is 2. The van der Waals surface area contributed by atoms with E-state index >= 15 is 0 Å². The van der Waals surface area contributed by atoms with E-state index in [4.69, 9.17) is 15.9 Å². The third-order valence-corrected chi connectivity index (χ3v) is 1.43. The fourth-order valence-corrected chi connectivity index (χ4v) is 0.811. The standard InChI is InChI=1S/C9H9NO2/c1-4-7-5-9(12-3)10-6-8(7)11-2/h1,5-6H,2-3H3. The summed E-state index contributed by atoms with van der Waals surface area (Å²) >= 11 is 0. The number of hydrogen-bond acceptors (Lipinski definition) is 3. The molecular weight excluding hydrogens is 154 g/mol. The van der Waals surface area contributed by atoms with Gasteiger partial charge >= 0.3 is 0 Å². The molecule has 0 radical (unpaired) electrons. The number of ether oxygens (including phenoxy) is 2. The second-order valence-electron chi connectivity index (χ2n) is 2.07. The van der Waals surface area contributed by atoms with Gasteiger partial charge in [0, 0.05) is 6.07 Å². The second kappa shape index (κ2) is 3.63. The van der Waals surface area contributed by atoms with Gasteiger partial charge < -0.3 is 9.47 Å². The fourth-order valence-electron chi connectivity index (χ4n) is 0.811. The van der Waals surface area contributed by atoms with Crippen LogP contribution in [0.4, 0.5) is 0 Å². The second-order valence-corrected chi connectivity index (χ2v) is 2.07. The Morgan fingerprint density at radius 1 is 1.42 bits per heavy atom. The summed E-state index contributed by atoms with van der Waals surface area (Å²) in [6.45, 7) is 0. The van der Waals surface area contributed by atoms with Gasteiger partial charge in [-0.1, -0.05) is 5.92 Å². The number of nitrogens with zero attached hydrogens (tertiary/aromatic N) is 1. The number of pyridine rings is 1. The third-order valence-electron chi connectivity index (χ3n) is 1.43. The molecule has 0 bridgehead atoms. The number of hydrogen-bond donors (Lipinski definition) is 0. The summed E-state index contributed by atoms with van der Waals surface area (Å²) in [4.78, 5) is 3.93. The van der Waals surface area contributed by atoms with Crippen molar-refractivity contribution in [3.8, 4) is 24.0 Å². The van der Waals surface area contributed by atoms with Crippen LogP contribution in [-0.2, 0) is 0 Å². The minimum absolute atomic E-state index is 0.490. The molecule has 1 rings (SSSR count). The van der Waals surface area contributed by atoms with Crippen LogP contribution in [-0.4, -0.2) is 19.2 Å². The molecule has 0 unspecified atom stereocenters. The van der Waals surface area contributed by atoms with Crippen LogP contribution in [0.25, 0.3) is 0 Å². The van der Waals surface area contributed by atoms with Gasteiger partial charge in [-0.3, -0.25) is 0 Å². The first-order valence-corrected chi connectivity index (χ1v) is 3.36. The largest absolute Gasteiger partial charge is 0.494 e. The maximum Gasteiger partial charge on any atom is 0.214 e. The van der Waals surface area contributed by atoms with Crippen LogP contribution < -0.4 is 9.47 Å². The zero-order valence-corrected chi connectivity index (χ0v) is 7.00. The monoisotopic (exact) mass is 163 g/mol. The van der Waals surface area contributed by atoms with Crippen molar-refractivity contribution >= 4 is 0 Å². The van der Waals surface area contributed by atoms with Crippen molar-refractivity contribution in [1.29, 1.82) is 0 Å². The first-order chi connectivity index (χ1) is 5.81. The molecule has 1 aromatic rings. The average molecular weight is 163 g/mol. The maximum atomic E-state index is 5.24. The number of terminal acetylenes is 1. The molecule has 1 heterocycles. The molecule has 0 aromatic carbocycles. The van der Waals surface area contributed by atoms with Gasteiger partial charge in [0.15, 0.2) is 5.75 Å². The van der Waals surface area contributed by atoms with Gasteiger partial charge in [0.05, 0.1) is 26.0 Å². The Morgan fingerprint density at radius 3 is 2.67 bits per heavy atom. The van der Waals surface area contributed by atoms with Gasteiger partial charge in [0.1, 0.15) is 0 Å². The molecule has 62 valence electrons. The maximum absolute atomic E-state index is 5.24. The highest BCUT2D eigenvalue weighted by atomic mass is 16.5. The van der Waals surface area contributed by atoms with Gasteiger partial charge in [-0.15, -0.1) is 6.42 Å². The smallest absolute Gasteiger partial charge is 0.214 e. The molecule has 3 nitrogen and oxygen atoms in total. The highest BCUT2D eigenvalue weighted by Crippen LogP contribution is 2.19. The van der Waals surface area contributed by atoms with Crippen molar-refractivity contribution in [2.75, 3.05) is 14.2 Å². The van der Waals surface area contributed by atoms with Crippen molar-refractivity contribution in [3.05, 3.63) is 17.8 Å². The Kier molecular flexibility index (Phi) is 2.54. The zero-order chi connectivity index (χ0) is 8.97. The number of rotatable bonds is 2.